The second-order valence-corrected chi connectivity index (χ2v) is 7.16. The summed E-state index contributed by atoms with van der Waals surface area (Å²) in [6.45, 7) is 3.95. The molecule has 0 saturated heterocycles. The second-order valence-electron chi connectivity index (χ2n) is 7.16. The summed E-state index contributed by atoms with van der Waals surface area (Å²) in [5.74, 6) is -3.15. The van der Waals surface area contributed by atoms with Gasteiger partial charge in [-0.1, -0.05) is 70.6 Å². The third kappa shape index (κ3) is 6.43. The van der Waals surface area contributed by atoms with Gasteiger partial charge in [-0.15, -0.1) is 0 Å². The molecular weight excluding hydrogens is 358 g/mol. The Morgan fingerprint density at radius 3 is 2.11 bits per heavy atom. The van der Waals surface area contributed by atoms with Crippen LogP contribution in [0.2, 0.25) is 0 Å². The zero-order valence-electron chi connectivity index (χ0n) is 16.9. The molecule has 0 N–H and O–H groups in total. The third-order valence-corrected chi connectivity index (χ3v) is 4.97. The van der Waals surface area contributed by atoms with Crippen molar-refractivity contribution < 1.29 is 18.3 Å². The first kappa shape index (κ1) is 22.1. The number of aryl methyl sites for hydroxylation is 2. The van der Waals surface area contributed by atoms with Crippen molar-refractivity contribution in [2.45, 2.75) is 71.6 Å². The van der Waals surface area contributed by atoms with Gasteiger partial charge in [0.2, 0.25) is 5.82 Å². The molecule has 0 aliphatic carbocycles. The largest absolute Gasteiger partial charge is 0.420 e. The van der Waals surface area contributed by atoms with Crippen molar-refractivity contribution in [1.82, 2.24) is 0 Å². The molecule has 0 bridgehead atoms. The maximum atomic E-state index is 14.0. The van der Waals surface area contributed by atoms with Gasteiger partial charge in [0.1, 0.15) is 0 Å². The van der Waals surface area contributed by atoms with E-state index < -0.39 is 17.6 Å². The lowest BCUT2D eigenvalue weighted by molar-refractivity contribution is 0.0726. The highest BCUT2D eigenvalue weighted by atomic mass is 19.2. The van der Waals surface area contributed by atoms with Crippen molar-refractivity contribution >= 4 is 5.97 Å². The van der Waals surface area contributed by atoms with Crippen LogP contribution in [0.1, 0.15) is 80.3 Å². The molecule has 0 fully saturated rings. The van der Waals surface area contributed by atoms with Crippen molar-refractivity contribution in [3.8, 4) is 5.75 Å². The van der Waals surface area contributed by atoms with E-state index in [1.165, 1.54) is 50.7 Å². The molecule has 0 amide bonds. The Morgan fingerprint density at radius 2 is 1.46 bits per heavy atom. The Kier molecular flexibility index (Phi) is 9.12. The van der Waals surface area contributed by atoms with Crippen LogP contribution in [0.15, 0.2) is 36.4 Å². The highest BCUT2D eigenvalue weighted by Gasteiger charge is 2.17. The van der Waals surface area contributed by atoms with Gasteiger partial charge in [0.15, 0.2) is 11.6 Å². The third-order valence-electron chi connectivity index (χ3n) is 4.97. The molecule has 0 saturated carbocycles. The van der Waals surface area contributed by atoms with Crippen LogP contribution in [0.3, 0.4) is 0 Å². The standard InChI is InChI=1S/C24H30F2O2/c1-3-5-6-7-8-9-10-11-18-12-14-20(15-13-18)24(27)28-21-17-16-19(4-2)22(25)23(21)26/h12-17H,3-11H2,1-2H3. The van der Waals surface area contributed by atoms with Crippen LogP contribution in [-0.2, 0) is 12.8 Å². The Morgan fingerprint density at radius 1 is 0.821 bits per heavy atom. The van der Waals surface area contributed by atoms with Crippen molar-refractivity contribution in [1.29, 1.82) is 0 Å². The van der Waals surface area contributed by atoms with Crippen molar-refractivity contribution in [2.75, 3.05) is 0 Å². The number of ether oxygens (including phenoxy) is 1. The predicted molar refractivity (Wildman–Crippen MR) is 109 cm³/mol. The number of benzene rings is 2. The van der Waals surface area contributed by atoms with Crippen LogP contribution >= 0.6 is 0 Å². The quantitative estimate of drug-likeness (QED) is 0.234. The fourth-order valence-corrected chi connectivity index (χ4v) is 3.18. The highest BCUT2D eigenvalue weighted by Crippen LogP contribution is 2.24. The van der Waals surface area contributed by atoms with E-state index in [-0.39, 0.29) is 11.3 Å². The number of rotatable bonds is 11. The molecule has 0 atom stereocenters. The topological polar surface area (TPSA) is 26.3 Å². The molecule has 152 valence electrons. The van der Waals surface area contributed by atoms with Gasteiger partial charge in [-0.25, -0.2) is 9.18 Å². The smallest absolute Gasteiger partial charge is 0.343 e. The second kappa shape index (κ2) is 11.6. The average Bonchev–Trinajstić information content (AvgIpc) is 2.71. The fraction of sp³-hybridized carbons (Fsp3) is 0.458. The normalized spacial score (nSPS) is 10.9. The predicted octanol–water partition coefficient (Wildman–Crippen LogP) is 7.04. The molecule has 4 heteroatoms. The summed E-state index contributed by atoms with van der Waals surface area (Å²) < 4.78 is 32.9. The minimum atomic E-state index is -1.12. The maximum absolute atomic E-state index is 14.0. The van der Waals surface area contributed by atoms with Gasteiger partial charge in [-0.05, 0) is 48.6 Å². The molecule has 0 spiro atoms. The summed E-state index contributed by atoms with van der Waals surface area (Å²) in [7, 11) is 0. The SMILES string of the molecule is CCCCCCCCCc1ccc(C(=O)Oc2ccc(CC)c(F)c2F)cc1. The maximum Gasteiger partial charge on any atom is 0.343 e. The van der Waals surface area contributed by atoms with E-state index in [1.54, 1.807) is 19.1 Å². The van der Waals surface area contributed by atoms with Crippen LogP contribution in [0.25, 0.3) is 0 Å². The number of hydrogen-bond acceptors (Lipinski definition) is 2. The molecule has 0 radical (unpaired) electrons. The molecule has 0 aromatic heterocycles. The lowest BCUT2D eigenvalue weighted by Crippen LogP contribution is -2.10. The van der Waals surface area contributed by atoms with E-state index in [4.69, 9.17) is 4.74 Å². The summed E-state index contributed by atoms with van der Waals surface area (Å²) in [6, 6.07) is 9.87. The molecule has 0 aliphatic rings. The lowest BCUT2D eigenvalue weighted by Gasteiger charge is -2.09. The Bertz CT molecular complexity index is 754. The zero-order valence-corrected chi connectivity index (χ0v) is 16.9. The summed E-state index contributed by atoms with van der Waals surface area (Å²) in [5.41, 5.74) is 1.74. The molecule has 2 aromatic carbocycles. The van der Waals surface area contributed by atoms with Gasteiger partial charge in [-0.3, -0.25) is 0 Å². The van der Waals surface area contributed by atoms with Gasteiger partial charge < -0.3 is 4.74 Å². The molecule has 2 nitrogen and oxygen atoms in total. The van der Waals surface area contributed by atoms with Crippen LogP contribution < -0.4 is 4.74 Å². The highest BCUT2D eigenvalue weighted by molar-refractivity contribution is 5.91. The van der Waals surface area contributed by atoms with E-state index in [2.05, 4.69) is 6.92 Å². The van der Waals surface area contributed by atoms with Gasteiger partial charge in [0, 0.05) is 0 Å². The monoisotopic (exact) mass is 388 g/mol. The number of hydrogen-bond donors (Lipinski definition) is 0. The van der Waals surface area contributed by atoms with Crippen LogP contribution in [0, 0.1) is 11.6 Å². The zero-order chi connectivity index (χ0) is 20.4. The van der Waals surface area contributed by atoms with Gasteiger partial charge >= 0.3 is 5.97 Å². The van der Waals surface area contributed by atoms with Gasteiger partial charge in [0.05, 0.1) is 5.56 Å². The van der Waals surface area contributed by atoms with E-state index in [0.29, 0.717) is 12.0 Å². The number of esters is 1. The summed E-state index contributed by atoms with van der Waals surface area (Å²) in [4.78, 5) is 12.2. The van der Waals surface area contributed by atoms with Crippen molar-refractivity contribution in [3.05, 3.63) is 64.7 Å². The first-order valence-corrected chi connectivity index (χ1v) is 10.3. The molecular formula is C24H30F2O2. The minimum absolute atomic E-state index is 0.256. The van der Waals surface area contributed by atoms with Crippen molar-refractivity contribution in [3.63, 3.8) is 0 Å². The summed E-state index contributed by atoms with van der Waals surface area (Å²) >= 11 is 0. The van der Waals surface area contributed by atoms with E-state index >= 15 is 0 Å². The van der Waals surface area contributed by atoms with E-state index in [1.807, 2.05) is 12.1 Å². The number of carbonyl (C=O) groups is 1. The Labute approximate surface area is 166 Å². The molecule has 2 aromatic rings. The lowest BCUT2D eigenvalue weighted by atomic mass is 10.0. The first-order valence-electron chi connectivity index (χ1n) is 10.3. The van der Waals surface area contributed by atoms with Crippen molar-refractivity contribution in [2.24, 2.45) is 0 Å². The molecule has 0 heterocycles. The van der Waals surface area contributed by atoms with E-state index in [0.717, 1.165) is 18.4 Å². The minimum Gasteiger partial charge on any atom is -0.420 e. The average molecular weight is 388 g/mol. The molecule has 0 aliphatic heterocycles. The first-order chi connectivity index (χ1) is 13.6. The van der Waals surface area contributed by atoms with Crippen LogP contribution in [0.5, 0.6) is 5.75 Å². The van der Waals surface area contributed by atoms with Gasteiger partial charge in [-0.2, -0.15) is 4.39 Å². The van der Waals surface area contributed by atoms with Crippen LogP contribution in [0.4, 0.5) is 8.78 Å². The van der Waals surface area contributed by atoms with Gasteiger partial charge in [0.25, 0.3) is 0 Å². The Balaban J connectivity index is 1.84. The van der Waals surface area contributed by atoms with E-state index in [9.17, 15) is 13.6 Å². The Hall–Kier alpha value is -2.23. The summed E-state index contributed by atoms with van der Waals surface area (Å²) in [6.07, 6.45) is 10.2. The molecule has 2 rings (SSSR count). The molecule has 0 unspecified atom stereocenters. The summed E-state index contributed by atoms with van der Waals surface area (Å²) in [5, 5.41) is 0. The number of unbranched alkanes of at least 4 members (excludes halogenated alkanes) is 6. The fourth-order valence-electron chi connectivity index (χ4n) is 3.18. The number of halogens is 2. The van der Waals surface area contributed by atoms with Crippen LogP contribution in [-0.4, -0.2) is 5.97 Å². The number of carbonyl (C=O) groups excluding carboxylic acids is 1. The molecule has 28 heavy (non-hydrogen) atoms.